The first-order valence-corrected chi connectivity index (χ1v) is 5.94. The number of nitrogens with zero attached hydrogens (tertiary/aromatic N) is 1. The molecule has 0 aliphatic carbocycles. The van der Waals surface area contributed by atoms with Gasteiger partial charge in [0.1, 0.15) is 0 Å². The van der Waals surface area contributed by atoms with Crippen LogP contribution in [0.3, 0.4) is 0 Å². The summed E-state index contributed by atoms with van der Waals surface area (Å²) >= 11 is 0. The van der Waals surface area contributed by atoms with Crippen LogP contribution >= 0.6 is 0 Å². The number of carbonyl (C=O) groups is 2. The summed E-state index contributed by atoms with van der Waals surface area (Å²) in [6.45, 7) is 0.276. The Bertz CT molecular complexity index is 513. The lowest BCUT2D eigenvalue weighted by molar-refractivity contribution is -0.124. The molecule has 6 heteroatoms. The molecular formula is C13H16N2O4. The quantitative estimate of drug-likeness (QED) is 0.838. The number of ether oxygens (including phenoxy) is 2. The summed E-state index contributed by atoms with van der Waals surface area (Å²) in [5.41, 5.74) is 5.66. The van der Waals surface area contributed by atoms with E-state index in [-0.39, 0.29) is 12.5 Å². The van der Waals surface area contributed by atoms with Crippen LogP contribution in [0.25, 0.3) is 0 Å². The molecule has 0 spiro atoms. The summed E-state index contributed by atoms with van der Waals surface area (Å²) in [4.78, 5) is 24.7. The van der Waals surface area contributed by atoms with Crippen LogP contribution in [0.15, 0.2) is 18.2 Å². The lowest BCUT2D eigenvalue weighted by Crippen LogP contribution is -2.33. The van der Waals surface area contributed by atoms with Gasteiger partial charge in [0.15, 0.2) is 17.6 Å². The van der Waals surface area contributed by atoms with E-state index in [2.05, 4.69) is 0 Å². The maximum Gasteiger partial charge on any atom is 0.258 e. The van der Waals surface area contributed by atoms with Crippen LogP contribution in [0.4, 0.5) is 0 Å². The third-order valence-corrected chi connectivity index (χ3v) is 2.83. The molecule has 2 rings (SSSR count). The van der Waals surface area contributed by atoms with Crippen molar-refractivity contribution in [1.82, 2.24) is 4.90 Å². The molecule has 0 aromatic heterocycles. The van der Waals surface area contributed by atoms with E-state index in [0.29, 0.717) is 23.5 Å². The number of amides is 2. The third kappa shape index (κ3) is 2.62. The molecule has 0 fully saturated rings. The maximum atomic E-state index is 12.0. The van der Waals surface area contributed by atoms with Gasteiger partial charge in [-0.25, -0.2) is 0 Å². The average molecular weight is 264 g/mol. The largest absolute Gasteiger partial charge is 0.489 e. The fraction of sp³-hybridized carbons (Fsp3) is 0.385. The van der Waals surface area contributed by atoms with Crippen molar-refractivity contribution in [2.75, 3.05) is 20.7 Å². The van der Waals surface area contributed by atoms with Crippen LogP contribution in [-0.2, 0) is 4.79 Å². The highest BCUT2D eigenvalue weighted by atomic mass is 16.5. The lowest BCUT2D eigenvalue weighted by atomic mass is 10.1. The highest BCUT2D eigenvalue weighted by Crippen LogP contribution is 2.35. The SMILES string of the molecule is CN(C)C(=O)c1cccc2c1OCCC(C(N)=O)O2. The monoisotopic (exact) mass is 264 g/mol. The van der Waals surface area contributed by atoms with Gasteiger partial charge < -0.3 is 20.1 Å². The third-order valence-electron chi connectivity index (χ3n) is 2.83. The number of benzene rings is 1. The van der Waals surface area contributed by atoms with Gasteiger partial charge in [-0.1, -0.05) is 6.07 Å². The number of rotatable bonds is 2. The van der Waals surface area contributed by atoms with E-state index in [0.717, 1.165) is 0 Å². The van der Waals surface area contributed by atoms with Crippen molar-refractivity contribution in [1.29, 1.82) is 0 Å². The van der Waals surface area contributed by atoms with E-state index < -0.39 is 12.0 Å². The minimum atomic E-state index is -0.731. The molecule has 1 unspecified atom stereocenters. The predicted molar refractivity (Wildman–Crippen MR) is 68.2 cm³/mol. The topological polar surface area (TPSA) is 81.9 Å². The van der Waals surface area contributed by atoms with Crippen LogP contribution in [0, 0.1) is 0 Å². The molecule has 1 aromatic carbocycles. The van der Waals surface area contributed by atoms with Crippen molar-refractivity contribution in [3.63, 3.8) is 0 Å². The van der Waals surface area contributed by atoms with Gasteiger partial charge in [0.2, 0.25) is 0 Å². The molecule has 6 nitrogen and oxygen atoms in total. The van der Waals surface area contributed by atoms with E-state index in [1.807, 2.05) is 0 Å². The summed E-state index contributed by atoms with van der Waals surface area (Å²) in [5, 5.41) is 0. The van der Waals surface area contributed by atoms with Crippen molar-refractivity contribution < 1.29 is 19.1 Å². The molecule has 1 heterocycles. The summed E-state index contributed by atoms with van der Waals surface area (Å²) in [7, 11) is 3.32. The number of nitrogens with two attached hydrogens (primary N) is 1. The standard InChI is InChI=1S/C13H16N2O4/c1-15(2)13(17)8-4-3-5-9-11(8)18-7-6-10(19-9)12(14)16/h3-5,10H,6-7H2,1-2H3,(H2,14,16). The predicted octanol–water partition coefficient (Wildman–Crippen LogP) is 0.404. The summed E-state index contributed by atoms with van der Waals surface area (Å²) in [6, 6.07) is 5.00. The second kappa shape index (κ2) is 5.17. The van der Waals surface area contributed by atoms with Crippen LogP contribution < -0.4 is 15.2 Å². The molecule has 2 amide bonds. The minimum absolute atomic E-state index is 0.182. The van der Waals surface area contributed by atoms with Gasteiger partial charge in [-0.3, -0.25) is 9.59 Å². The van der Waals surface area contributed by atoms with Gasteiger partial charge in [-0.2, -0.15) is 0 Å². The zero-order valence-electron chi connectivity index (χ0n) is 10.9. The molecule has 0 saturated carbocycles. The molecule has 102 valence electrons. The Kier molecular flexibility index (Phi) is 3.59. The molecule has 1 aliphatic heterocycles. The Morgan fingerprint density at radius 1 is 1.37 bits per heavy atom. The highest BCUT2D eigenvalue weighted by Gasteiger charge is 2.26. The van der Waals surface area contributed by atoms with Crippen molar-refractivity contribution >= 4 is 11.8 Å². The highest BCUT2D eigenvalue weighted by molar-refractivity contribution is 5.97. The minimum Gasteiger partial charge on any atom is -0.489 e. The zero-order chi connectivity index (χ0) is 14.0. The van der Waals surface area contributed by atoms with Crippen LogP contribution in [0.2, 0.25) is 0 Å². The lowest BCUT2D eigenvalue weighted by Gasteiger charge is -2.16. The van der Waals surface area contributed by atoms with E-state index in [9.17, 15) is 9.59 Å². The maximum absolute atomic E-state index is 12.0. The van der Waals surface area contributed by atoms with Crippen molar-refractivity contribution in [2.45, 2.75) is 12.5 Å². The number of carbonyl (C=O) groups excluding carboxylic acids is 2. The molecule has 0 saturated heterocycles. The molecule has 0 bridgehead atoms. The summed E-state index contributed by atoms with van der Waals surface area (Å²) < 4.78 is 11.1. The van der Waals surface area contributed by atoms with Gasteiger partial charge in [0.25, 0.3) is 11.8 Å². The second-order valence-electron chi connectivity index (χ2n) is 4.48. The fourth-order valence-electron chi connectivity index (χ4n) is 1.85. The van der Waals surface area contributed by atoms with Gasteiger partial charge in [-0.05, 0) is 12.1 Å². The van der Waals surface area contributed by atoms with E-state index in [1.54, 1.807) is 32.3 Å². The number of hydrogen-bond acceptors (Lipinski definition) is 4. The number of fused-ring (bicyclic) bond motifs is 1. The number of para-hydroxylation sites is 1. The van der Waals surface area contributed by atoms with E-state index in [4.69, 9.17) is 15.2 Å². The molecule has 0 radical (unpaired) electrons. The number of hydrogen-bond donors (Lipinski definition) is 1. The van der Waals surface area contributed by atoms with Crippen LogP contribution in [-0.4, -0.2) is 43.5 Å². The van der Waals surface area contributed by atoms with Crippen molar-refractivity contribution in [2.24, 2.45) is 5.73 Å². The average Bonchev–Trinajstić information content (AvgIpc) is 2.59. The molecule has 2 N–H and O–H groups in total. The summed E-state index contributed by atoms with van der Waals surface area (Å²) in [5.74, 6) is 0.0118. The molecule has 19 heavy (non-hydrogen) atoms. The first-order valence-electron chi connectivity index (χ1n) is 5.94. The fourth-order valence-corrected chi connectivity index (χ4v) is 1.85. The van der Waals surface area contributed by atoms with Gasteiger partial charge >= 0.3 is 0 Å². The van der Waals surface area contributed by atoms with E-state index >= 15 is 0 Å². The smallest absolute Gasteiger partial charge is 0.258 e. The Morgan fingerprint density at radius 3 is 2.74 bits per heavy atom. The van der Waals surface area contributed by atoms with Gasteiger partial charge in [-0.15, -0.1) is 0 Å². The molecular weight excluding hydrogens is 248 g/mol. The number of primary amides is 1. The van der Waals surface area contributed by atoms with Crippen LogP contribution in [0.1, 0.15) is 16.8 Å². The molecule has 1 aromatic rings. The van der Waals surface area contributed by atoms with Crippen molar-refractivity contribution in [3.8, 4) is 11.5 Å². The molecule has 1 aliphatic rings. The normalized spacial score (nSPS) is 17.5. The Labute approximate surface area is 111 Å². The summed E-state index contributed by atoms with van der Waals surface area (Å²) in [6.07, 6.45) is -0.370. The first-order chi connectivity index (χ1) is 9.00. The van der Waals surface area contributed by atoms with Crippen molar-refractivity contribution in [3.05, 3.63) is 23.8 Å². The first kappa shape index (κ1) is 13.2. The molecule has 1 atom stereocenters. The Balaban J connectivity index is 2.40. The van der Waals surface area contributed by atoms with Gasteiger partial charge in [0, 0.05) is 20.5 Å². The van der Waals surface area contributed by atoms with Gasteiger partial charge in [0.05, 0.1) is 12.2 Å². The Hall–Kier alpha value is -2.24. The van der Waals surface area contributed by atoms with E-state index in [1.165, 1.54) is 4.90 Å². The Morgan fingerprint density at radius 2 is 2.11 bits per heavy atom. The zero-order valence-corrected chi connectivity index (χ0v) is 10.9. The van der Waals surface area contributed by atoms with Crippen LogP contribution in [0.5, 0.6) is 11.5 Å². The second-order valence-corrected chi connectivity index (χ2v) is 4.48.